The van der Waals surface area contributed by atoms with E-state index in [0.29, 0.717) is 0 Å². The number of carboxylic acids is 2. The second-order valence-electron chi connectivity index (χ2n) is 3.00. The Balaban J connectivity index is -0.0000000464. The van der Waals surface area contributed by atoms with Crippen LogP contribution in [0.1, 0.15) is 0 Å². The fourth-order valence-corrected chi connectivity index (χ4v) is 1.03. The van der Waals surface area contributed by atoms with Gasteiger partial charge in [-0.25, -0.2) is 0 Å². The Bertz CT molecular complexity index is 487. The van der Waals surface area contributed by atoms with Crippen LogP contribution < -0.4 is 72.1 Å². The summed E-state index contributed by atoms with van der Waals surface area (Å²) in [6.45, 7) is 0. The molecule has 12 nitrogen and oxygen atoms in total. The third kappa shape index (κ3) is 21.3. The minimum Gasteiger partial charge on any atom is -2.00 e. The van der Waals surface area contributed by atoms with E-state index in [1.807, 2.05) is 36.4 Å². The fraction of sp³-hybridized carbons (Fsp3) is 0. The van der Waals surface area contributed by atoms with Crippen LogP contribution >= 0.6 is 0 Å². The molecular weight excluding hydrogens is 422 g/mol. The Labute approximate surface area is 202 Å². The molecule has 0 aliphatic rings. The van der Waals surface area contributed by atoms with Crippen LogP contribution in [0, 0.1) is 0 Å². The Hall–Kier alpha value is -0.779. The summed E-state index contributed by atoms with van der Waals surface area (Å²) in [5.41, 5.74) is 1.83. The van der Waals surface area contributed by atoms with E-state index in [0.717, 1.165) is 11.4 Å². The van der Waals surface area contributed by atoms with E-state index in [1.54, 1.807) is 12.4 Å². The molecule has 0 fully saturated rings. The summed E-state index contributed by atoms with van der Waals surface area (Å²) in [6, 6.07) is 11.6. The third-order valence-electron chi connectivity index (χ3n) is 1.76. The second-order valence-corrected chi connectivity index (χ2v) is 3.00. The van der Waals surface area contributed by atoms with Gasteiger partial charge in [-0.2, -0.15) is 0 Å². The molecule has 0 aliphatic carbocycles. The van der Waals surface area contributed by atoms with Crippen LogP contribution in [0.4, 0.5) is 0 Å². The first kappa shape index (κ1) is 44.6. The molecule has 0 aliphatic heterocycles. The molecule has 0 spiro atoms. The zero-order chi connectivity index (χ0) is 15.4. The van der Waals surface area contributed by atoms with Crippen molar-refractivity contribution in [1.29, 1.82) is 0 Å². The Morgan fingerprint density at radius 1 is 0.731 bits per heavy atom. The van der Waals surface area contributed by atoms with Crippen LogP contribution in [-0.2, 0) is 33.6 Å². The molecule has 0 aromatic carbocycles. The Morgan fingerprint density at radius 2 is 1.00 bits per heavy atom. The number of carboxylic acid groups (broad SMARTS) is 2. The molecule has 2 aromatic rings. The van der Waals surface area contributed by atoms with Crippen LogP contribution in [0.3, 0.4) is 0 Å². The topological polar surface area (TPSA) is 275 Å². The van der Waals surface area contributed by atoms with Gasteiger partial charge in [-0.1, -0.05) is 12.1 Å². The molecule has 0 atom stereocenters. The molecule has 26 heavy (non-hydrogen) atoms. The Kier molecular flexibility index (Phi) is 49.7. The van der Waals surface area contributed by atoms with E-state index in [4.69, 9.17) is 30.3 Å². The summed E-state index contributed by atoms with van der Waals surface area (Å²) in [4.78, 5) is 26.2. The summed E-state index contributed by atoms with van der Waals surface area (Å²) in [7, 11) is 0. The van der Waals surface area contributed by atoms with Crippen molar-refractivity contribution >= 4 is 11.9 Å². The molecule has 143 valence electrons. The molecule has 0 amide bonds. The van der Waals surface area contributed by atoms with Gasteiger partial charge in [0.2, 0.25) is 0 Å². The molecular formula is C12H14KN2O10V-5. The van der Waals surface area contributed by atoms with Crippen LogP contribution in [-0.4, -0.2) is 38.3 Å². The quantitative estimate of drug-likeness (QED) is 0.178. The van der Waals surface area contributed by atoms with Gasteiger partial charge in [0.25, 0.3) is 0 Å². The van der Waals surface area contributed by atoms with Gasteiger partial charge in [0, 0.05) is 30.9 Å². The summed E-state index contributed by atoms with van der Waals surface area (Å²) in [5, 5.41) is 31.9. The van der Waals surface area contributed by atoms with E-state index >= 15 is 0 Å². The summed E-state index contributed by atoms with van der Waals surface area (Å²) >= 11 is 0. The van der Waals surface area contributed by atoms with Crippen molar-refractivity contribution in [2.24, 2.45) is 0 Å². The van der Waals surface area contributed by atoms with Crippen LogP contribution in [0.2, 0.25) is 0 Å². The maximum Gasteiger partial charge on any atom is 1.00 e. The van der Waals surface area contributed by atoms with E-state index in [2.05, 4.69) is 9.97 Å². The zero-order valence-corrected chi connectivity index (χ0v) is 17.8. The summed E-state index contributed by atoms with van der Waals surface area (Å²) < 4.78 is 0. The average Bonchev–Trinajstić information content (AvgIpc) is 2.51. The van der Waals surface area contributed by atoms with Crippen LogP contribution in [0.15, 0.2) is 48.8 Å². The van der Waals surface area contributed by atoms with E-state index in [-0.39, 0.29) is 91.8 Å². The maximum absolute atomic E-state index is 8.93. The molecule has 2 heterocycles. The van der Waals surface area contributed by atoms with Gasteiger partial charge in [-0.3, -0.25) is 9.97 Å². The first-order valence-electron chi connectivity index (χ1n) is 5.02. The zero-order valence-electron chi connectivity index (χ0n) is 13.3. The van der Waals surface area contributed by atoms with Gasteiger partial charge in [-0.15, -0.1) is 0 Å². The molecule has 14 heteroatoms. The van der Waals surface area contributed by atoms with Gasteiger partial charge < -0.3 is 52.2 Å². The molecule has 2 rings (SSSR count). The predicted molar refractivity (Wildman–Crippen MR) is 69.0 cm³/mol. The number of carbonyl (C=O) groups is 2. The summed E-state index contributed by atoms with van der Waals surface area (Å²) in [5.74, 6) is -4.37. The average molecular weight is 436 g/mol. The number of rotatable bonds is 1. The maximum atomic E-state index is 8.93. The Morgan fingerprint density at radius 3 is 1.15 bits per heavy atom. The number of aliphatic carboxylic acids is 2. The first-order chi connectivity index (χ1) is 9.61. The van der Waals surface area contributed by atoms with Crippen molar-refractivity contribution in [1.82, 2.24) is 9.97 Å². The number of hydrogen-bond donors (Lipinski definition) is 0. The van der Waals surface area contributed by atoms with Gasteiger partial charge in [0.15, 0.2) is 0 Å². The van der Waals surface area contributed by atoms with Gasteiger partial charge in [-0.05, 0) is 24.3 Å². The largest absolute Gasteiger partial charge is 2.00 e. The van der Waals surface area contributed by atoms with E-state index in [9.17, 15) is 0 Å². The van der Waals surface area contributed by atoms with E-state index in [1.165, 1.54) is 0 Å². The van der Waals surface area contributed by atoms with Crippen LogP contribution in [0.25, 0.3) is 11.4 Å². The monoisotopic (exact) mass is 436 g/mol. The van der Waals surface area contributed by atoms with Crippen LogP contribution in [0.5, 0.6) is 0 Å². The molecule has 0 saturated heterocycles. The number of hydrogen-bond acceptors (Lipinski definition) is 8. The number of pyridine rings is 2. The molecule has 6 N–H and O–H groups in total. The molecule has 0 unspecified atom stereocenters. The first-order valence-corrected chi connectivity index (χ1v) is 5.02. The second kappa shape index (κ2) is 29.0. The van der Waals surface area contributed by atoms with E-state index < -0.39 is 11.9 Å². The fourth-order valence-electron chi connectivity index (χ4n) is 1.03. The van der Waals surface area contributed by atoms with Crippen molar-refractivity contribution in [3.63, 3.8) is 0 Å². The molecule has 2 aromatic heterocycles. The molecule has 0 saturated carbocycles. The minimum absolute atomic E-state index is 0. The summed E-state index contributed by atoms with van der Waals surface area (Å²) in [6.07, 6.45) is 3.54. The van der Waals surface area contributed by atoms with Gasteiger partial charge in [0.1, 0.15) is 0 Å². The van der Waals surface area contributed by atoms with Crippen molar-refractivity contribution < 1.29 is 122 Å². The third-order valence-corrected chi connectivity index (χ3v) is 1.76. The number of aromatic nitrogens is 2. The van der Waals surface area contributed by atoms with Crippen molar-refractivity contribution in [2.45, 2.75) is 0 Å². The number of carbonyl (C=O) groups excluding carboxylic acids is 2. The van der Waals surface area contributed by atoms with Gasteiger partial charge in [0.05, 0.1) is 23.3 Å². The normalized spacial score (nSPS) is 6.38. The molecule has 1 radical (unpaired) electrons. The smallest absolute Gasteiger partial charge is 1.00 e. The molecule has 0 bridgehead atoms. The van der Waals surface area contributed by atoms with Crippen molar-refractivity contribution in [3.8, 4) is 11.4 Å². The van der Waals surface area contributed by atoms with Crippen molar-refractivity contribution in [3.05, 3.63) is 48.8 Å². The standard InChI is InChI=1S/C10H8N2.C2H2O4.K.O2.3H2O.O.V/c1-3-7-11-9(5-1)10-6-2-4-8-12-10;3-1(4)2(5)6;;1-2;;;;;/h1-8H;(H,3,4)(H,5,6);;;3*1H2;;/q;;+1;-2;;;;-2;/p-2. The number of nitrogens with zero attached hydrogens (tertiary/aromatic N) is 2. The van der Waals surface area contributed by atoms with Gasteiger partial charge >= 0.3 is 51.4 Å². The SMILES string of the molecule is O.O.O.O=C([O-])C(=O)[O-].[K+].[O-2].[O-][O-].[V].c1ccc(-c2ccccn2)nc1. The minimum atomic E-state index is -2.19. The van der Waals surface area contributed by atoms with Crippen molar-refractivity contribution in [2.75, 3.05) is 0 Å². The predicted octanol–water partition coefficient (Wildman–Crippen LogP) is -9.34.